The Balaban J connectivity index is 0.923. The molecular weight excluding hydrogens is 548 g/mol. The van der Waals surface area contributed by atoms with E-state index in [0.717, 1.165) is 68.6 Å². The molecule has 0 radical (unpaired) electrons. The standard InChI is InChI=1S/C26H24N10O2S2/c37-21(9-15-11-29-19-13-27-7-5-17(15)19)31-25-35-33-23(39-25)3-1-2-4-24-34-36-26(40-24)32-22(38)10-16-12-30-20-14-28-8-6-18(16)20/h5-8,11-14,29-30H,1-4,9-10H2,(H,31,35,37)(H,32,36,38). The number of hydrogen-bond donors (Lipinski definition) is 4. The molecule has 202 valence electrons. The molecule has 6 heterocycles. The predicted octanol–water partition coefficient (Wildman–Crippen LogP) is 4.07. The molecule has 4 N–H and O–H groups in total. The van der Waals surface area contributed by atoms with Gasteiger partial charge in [0.1, 0.15) is 10.0 Å². The lowest BCUT2D eigenvalue weighted by Crippen LogP contribution is -2.14. The zero-order valence-electron chi connectivity index (χ0n) is 21.2. The Labute approximate surface area is 235 Å². The molecule has 12 nitrogen and oxygen atoms in total. The van der Waals surface area contributed by atoms with Gasteiger partial charge in [-0.3, -0.25) is 19.6 Å². The molecule has 40 heavy (non-hydrogen) atoms. The monoisotopic (exact) mass is 572 g/mol. The summed E-state index contributed by atoms with van der Waals surface area (Å²) in [5.41, 5.74) is 3.62. The third-order valence-corrected chi connectivity index (χ3v) is 8.09. The number of anilines is 2. The zero-order valence-corrected chi connectivity index (χ0v) is 22.8. The topological polar surface area (TPSA) is 167 Å². The molecule has 0 aliphatic carbocycles. The Bertz CT molecular complexity index is 1660. The van der Waals surface area contributed by atoms with Gasteiger partial charge in [0.2, 0.25) is 22.1 Å². The number of carbonyl (C=O) groups excluding carboxylic acids is 2. The van der Waals surface area contributed by atoms with Crippen molar-refractivity contribution in [2.75, 3.05) is 10.6 Å². The van der Waals surface area contributed by atoms with Crippen LogP contribution in [0.2, 0.25) is 0 Å². The van der Waals surface area contributed by atoms with Crippen molar-refractivity contribution in [2.45, 2.75) is 38.5 Å². The molecule has 0 aliphatic rings. The Morgan fingerprint density at radius 3 is 1.65 bits per heavy atom. The molecule has 0 aromatic carbocycles. The minimum atomic E-state index is -0.140. The highest BCUT2D eigenvalue weighted by Gasteiger charge is 2.14. The van der Waals surface area contributed by atoms with Crippen molar-refractivity contribution in [3.8, 4) is 0 Å². The molecular formula is C26H24N10O2S2. The number of pyridine rings is 2. The number of aromatic amines is 2. The van der Waals surface area contributed by atoms with Gasteiger partial charge in [0.15, 0.2) is 0 Å². The van der Waals surface area contributed by atoms with E-state index >= 15 is 0 Å². The van der Waals surface area contributed by atoms with Crippen LogP contribution in [-0.2, 0) is 35.3 Å². The minimum absolute atomic E-state index is 0.140. The molecule has 0 bridgehead atoms. The molecule has 6 rings (SSSR count). The zero-order chi connectivity index (χ0) is 27.3. The number of carbonyl (C=O) groups is 2. The maximum Gasteiger partial charge on any atom is 0.230 e. The Hall–Kier alpha value is -4.56. The molecule has 6 aromatic heterocycles. The quantitative estimate of drug-likeness (QED) is 0.169. The van der Waals surface area contributed by atoms with Crippen LogP contribution in [0.15, 0.2) is 49.3 Å². The van der Waals surface area contributed by atoms with Crippen LogP contribution in [0.5, 0.6) is 0 Å². The van der Waals surface area contributed by atoms with Gasteiger partial charge in [-0.2, -0.15) is 0 Å². The molecule has 6 aromatic rings. The summed E-state index contributed by atoms with van der Waals surface area (Å²) < 4.78 is 0. The van der Waals surface area contributed by atoms with Crippen LogP contribution in [0.4, 0.5) is 10.3 Å². The smallest absolute Gasteiger partial charge is 0.230 e. The van der Waals surface area contributed by atoms with E-state index < -0.39 is 0 Å². The van der Waals surface area contributed by atoms with E-state index in [1.165, 1.54) is 22.7 Å². The Kier molecular flexibility index (Phi) is 7.50. The summed E-state index contributed by atoms with van der Waals surface area (Å²) in [7, 11) is 0. The van der Waals surface area contributed by atoms with E-state index in [9.17, 15) is 9.59 Å². The van der Waals surface area contributed by atoms with Crippen molar-refractivity contribution in [3.05, 3.63) is 70.5 Å². The molecule has 14 heteroatoms. The highest BCUT2D eigenvalue weighted by Crippen LogP contribution is 2.22. The van der Waals surface area contributed by atoms with Crippen LogP contribution in [-0.4, -0.2) is 52.1 Å². The first-order valence-corrected chi connectivity index (χ1v) is 14.3. The van der Waals surface area contributed by atoms with Crippen molar-refractivity contribution < 1.29 is 9.59 Å². The average molecular weight is 573 g/mol. The summed E-state index contributed by atoms with van der Waals surface area (Å²) in [4.78, 5) is 39.4. The second kappa shape index (κ2) is 11.7. The van der Waals surface area contributed by atoms with Crippen molar-refractivity contribution in [3.63, 3.8) is 0 Å². The maximum absolute atomic E-state index is 12.5. The SMILES string of the molecule is O=C(Cc1c[nH]c2cnccc12)Nc1nnc(CCCCc2nnc(NC(=O)Cc3c[nH]c4cnccc34)s2)s1. The molecule has 0 fully saturated rings. The first-order chi connectivity index (χ1) is 19.6. The highest BCUT2D eigenvalue weighted by molar-refractivity contribution is 7.15. The fourth-order valence-corrected chi connectivity index (χ4v) is 5.99. The number of nitrogens with zero attached hydrogens (tertiary/aromatic N) is 6. The van der Waals surface area contributed by atoms with Crippen LogP contribution in [0, 0.1) is 0 Å². The van der Waals surface area contributed by atoms with E-state index in [2.05, 4.69) is 51.0 Å². The van der Waals surface area contributed by atoms with Crippen LogP contribution in [0.25, 0.3) is 21.8 Å². The summed E-state index contributed by atoms with van der Waals surface area (Å²) in [5.74, 6) is -0.281. The van der Waals surface area contributed by atoms with Gasteiger partial charge in [-0.15, -0.1) is 20.4 Å². The molecule has 0 spiro atoms. The summed E-state index contributed by atoms with van der Waals surface area (Å²) >= 11 is 2.77. The lowest BCUT2D eigenvalue weighted by molar-refractivity contribution is -0.116. The molecule has 0 unspecified atom stereocenters. The van der Waals surface area contributed by atoms with E-state index in [-0.39, 0.29) is 24.7 Å². The number of unbranched alkanes of at least 4 members (excludes halogenated alkanes) is 1. The van der Waals surface area contributed by atoms with Gasteiger partial charge in [-0.25, -0.2) is 0 Å². The average Bonchev–Trinajstić information content (AvgIpc) is 3.76. The van der Waals surface area contributed by atoms with Gasteiger partial charge < -0.3 is 20.6 Å². The van der Waals surface area contributed by atoms with Crippen molar-refractivity contribution in [2.24, 2.45) is 0 Å². The molecule has 0 aliphatic heterocycles. The van der Waals surface area contributed by atoms with E-state index in [4.69, 9.17) is 0 Å². The van der Waals surface area contributed by atoms with Crippen LogP contribution >= 0.6 is 22.7 Å². The minimum Gasteiger partial charge on any atom is -0.360 e. The van der Waals surface area contributed by atoms with Gasteiger partial charge in [-0.05, 0) is 36.1 Å². The fraction of sp³-hybridized carbons (Fsp3) is 0.231. The van der Waals surface area contributed by atoms with E-state index in [1.54, 1.807) is 24.8 Å². The summed E-state index contributed by atoms with van der Waals surface area (Å²) in [6, 6.07) is 3.78. The lowest BCUT2D eigenvalue weighted by Gasteiger charge is -2.00. The van der Waals surface area contributed by atoms with Gasteiger partial charge >= 0.3 is 0 Å². The number of aromatic nitrogens is 8. The van der Waals surface area contributed by atoms with Crippen LogP contribution in [0.1, 0.15) is 34.0 Å². The number of hydrogen-bond acceptors (Lipinski definition) is 10. The number of amides is 2. The molecule has 0 saturated carbocycles. The van der Waals surface area contributed by atoms with E-state index in [1.807, 2.05) is 24.5 Å². The highest BCUT2D eigenvalue weighted by atomic mass is 32.1. The normalized spacial score (nSPS) is 11.3. The van der Waals surface area contributed by atoms with Crippen LogP contribution < -0.4 is 10.6 Å². The largest absolute Gasteiger partial charge is 0.360 e. The predicted molar refractivity (Wildman–Crippen MR) is 153 cm³/mol. The number of aryl methyl sites for hydroxylation is 2. The number of nitrogens with one attached hydrogen (secondary N) is 4. The number of H-pyrrole nitrogens is 2. The summed E-state index contributed by atoms with van der Waals surface area (Å²) in [6.07, 6.45) is 14.3. The third kappa shape index (κ3) is 6.02. The Morgan fingerprint density at radius 2 is 1.18 bits per heavy atom. The molecule has 0 atom stereocenters. The van der Waals surface area contributed by atoms with Gasteiger partial charge in [-0.1, -0.05) is 22.7 Å². The summed E-state index contributed by atoms with van der Waals surface area (Å²) in [5, 5.41) is 27.0. The Morgan fingerprint density at radius 1 is 0.700 bits per heavy atom. The lowest BCUT2D eigenvalue weighted by atomic mass is 10.1. The third-order valence-electron chi connectivity index (χ3n) is 6.30. The van der Waals surface area contributed by atoms with Crippen molar-refractivity contribution in [1.29, 1.82) is 0 Å². The van der Waals surface area contributed by atoms with Gasteiger partial charge in [0.25, 0.3) is 0 Å². The van der Waals surface area contributed by atoms with Gasteiger partial charge in [0, 0.05) is 48.4 Å². The molecule has 0 saturated heterocycles. The second-order valence-corrected chi connectivity index (χ2v) is 11.3. The fourth-order valence-electron chi connectivity index (χ4n) is 4.39. The van der Waals surface area contributed by atoms with Crippen LogP contribution in [0.3, 0.4) is 0 Å². The van der Waals surface area contributed by atoms with Gasteiger partial charge in [0.05, 0.1) is 36.3 Å². The van der Waals surface area contributed by atoms with E-state index in [0.29, 0.717) is 10.3 Å². The first-order valence-electron chi connectivity index (χ1n) is 12.6. The van der Waals surface area contributed by atoms with Crippen molar-refractivity contribution in [1.82, 2.24) is 40.3 Å². The number of rotatable bonds is 11. The number of fused-ring (bicyclic) bond motifs is 2. The second-order valence-electron chi connectivity index (χ2n) is 9.13. The van der Waals surface area contributed by atoms with Crippen molar-refractivity contribution >= 4 is 66.6 Å². The maximum atomic E-state index is 12.5. The summed E-state index contributed by atoms with van der Waals surface area (Å²) in [6.45, 7) is 0. The molecule has 2 amide bonds. The first kappa shape index (κ1) is 25.7.